The van der Waals surface area contributed by atoms with Crippen LogP contribution in [0.15, 0.2) is 54.6 Å². The molecule has 0 radical (unpaired) electrons. The number of hydrogen-bond donors (Lipinski definition) is 0. The minimum atomic E-state index is 0.120. The van der Waals surface area contributed by atoms with Gasteiger partial charge in [-0.3, -0.25) is 4.90 Å². The van der Waals surface area contributed by atoms with Crippen molar-refractivity contribution in [1.29, 1.82) is 0 Å². The van der Waals surface area contributed by atoms with E-state index in [9.17, 15) is 0 Å². The molecule has 0 unspecified atom stereocenters. The molecule has 0 spiro atoms. The van der Waals surface area contributed by atoms with E-state index in [0.29, 0.717) is 5.82 Å². The molecule has 0 saturated heterocycles. The molecule has 0 fully saturated rings. The SMILES string of the molecule is Cc1nc2sc3c(c2c2nc(-c4cccc(OC(C)C)c4)nn12)CCN(Cc1ccccc1)C3. The zero-order chi connectivity index (χ0) is 23.2. The van der Waals surface area contributed by atoms with Gasteiger partial charge in [0.2, 0.25) is 0 Å². The molecule has 0 bridgehead atoms. The van der Waals surface area contributed by atoms with Gasteiger partial charge in [-0.05, 0) is 50.5 Å². The van der Waals surface area contributed by atoms with Crippen molar-refractivity contribution in [3.05, 3.63) is 76.4 Å². The van der Waals surface area contributed by atoms with Crippen LogP contribution in [0.25, 0.3) is 27.3 Å². The quantitative estimate of drug-likeness (QED) is 0.332. The standard InChI is InChI=1S/C27H27N5OS/c1-17(2)33-21-11-7-10-20(14-21)25-29-26-24-22-12-13-31(15-19-8-5-4-6-9-19)16-23(22)34-27(24)28-18(3)32(26)30-25/h4-11,14,17H,12-13,15-16H2,1-3H3. The second-order valence-corrected chi connectivity index (χ2v) is 10.2. The lowest BCUT2D eigenvalue weighted by Crippen LogP contribution is -2.29. The Morgan fingerprint density at radius 3 is 2.74 bits per heavy atom. The van der Waals surface area contributed by atoms with Gasteiger partial charge in [-0.2, -0.15) is 4.52 Å². The zero-order valence-electron chi connectivity index (χ0n) is 19.7. The summed E-state index contributed by atoms with van der Waals surface area (Å²) >= 11 is 1.80. The first-order valence-electron chi connectivity index (χ1n) is 11.8. The van der Waals surface area contributed by atoms with E-state index in [1.54, 1.807) is 11.3 Å². The van der Waals surface area contributed by atoms with Crippen LogP contribution in [0.3, 0.4) is 0 Å². The van der Waals surface area contributed by atoms with Crippen molar-refractivity contribution in [1.82, 2.24) is 24.5 Å². The van der Waals surface area contributed by atoms with E-state index in [2.05, 4.69) is 35.2 Å². The normalized spacial score (nSPS) is 14.2. The molecule has 0 amide bonds. The number of hydrogen-bond acceptors (Lipinski definition) is 6. The number of thiophene rings is 1. The molecule has 5 aromatic rings. The maximum absolute atomic E-state index is 5.88. The molecule has 172 valence electrons. The Balaban J connectivity index is 1.39. The number of nitrogens with zero attached hydrogens (tertiary/aromatic N) is 5. The third-order valence-electron chi connectivity index (χ3n) is 6.23. The molecule has 1 aliphatic heterocycles. The van der Waals surface area contributed by atoms with Crippen LogP contribution in [-0.4, -0.2) is 37.1 Å². The first kappa shape index (κ1) is 21.3. The highest BCUT2D eigenvalue weighted by Crippen LogP contribution is 2.37. The molecule has 2 aromatic carbocycles. The molecule has 6 nitrogen and oxygen atoms in total. The van der Waals surface area contributed by atoms with E-state index < -0.39 is 0 Å². The van der Waals surface area contributed by atoms with Crippen LogP contribution in [0, 0.1) is 6.92 Å². The number of benzene rings is 2. The maximum Gasteiger partial charge on any atom is 0.182 e. The van der Waals surface area contributed by atoms with E-state index in [-0.39, 0.29) is 6.10 Å². The second-order valence-electron chi connectivity index (χ2n) is 9.15. The number of ether oxygens (including phenoxy) is 1. The minimum absolute atomic E-state index is 0.120. The third-order valence-corrected chi connectivity index (χ3v) is 7.34. The summed E-state index contributed by atoms with van der Waals surface area (Å²) in [4.78, 5) is 14.9. The van der Waals surface area contributed by atoms with E-state index >= 15 is 0 Å². The van der Waals surface area contributed by atoms with Crippen LogP contribution in [0.2, 0.25) is 0 Å². The first-order chi connectivity index (χ1) is 16.5. The monoisotopic (exact) mass is 469 g/mol. The molecule has 4 heterocycles. The lowest BCUT2D eigenvalue weighted by Gasteiger charge is -2.26. The Hall–Kier alpha value is -3.29. The highest BCUT2D eigenvalue weighted by Gasteiger charge is 2.25. The zero-order valence-corrected chi connectivity index (χ0v) is 20.5. The van der Waals surface area contributed by atoms with Crippen molar-refractivity contribution in [2.45, 2.75) is 46.4 Å². The minimum Gasteiger partial charge on any atom is -0.491 e. The van der Waals surface area contributed by atoms with Crippen molar-refractivity contribution in [2.75, 3.05) is 6.54 Å². The fourth-order valence-corrected chi connectivity index (χ4v) is 6.03. The Bertz CT molecular complexity index is 1490. The van der Waals surface area contributed by atoms with Crippen LogP contribution in [-0.2, 0) is 19.5 Å². The largest absolute Gasteiger partial charge is 0.491 e. The van der Waals surface area contributed by atoms with Crippen molar-refractivity contribution >= 4 is 27.2 Å². The molecular formula is C27H27N5OS. The van der Waals surface area contributed by atoms with E-state index in [4.69, 9.17) is 19.8 Å². The number of aromatic nitrogens is 4. The molecule has 3 aromatic heterocycles. The average Bonchev–Trinajstić information content (AvgIpc) is 3.41. The first-order valence-corrected chi connectivity index (χ1v) is 12.6. The second kappa shape index (κ2) is 8.49. The molecule has 1 aliphatic rings. The molecule has 0 saturated carbocycles. The summed E-state index contributed by atoms with van der Waals surface area (Å²) in [6.45, 7) is 9.02. The van der Waals surface area contributed by atoms with Crippen LogP contribution in [0.4, 0.5) is 0 Å². The van der Waals surface area contributed by atoms with Gasteiger partial charge in [-0.1, -0.05) is 42.5 Å². The molecule has 0 aliphatic carbocycles. The summed E-state index contributed by atoms with van der Waals surface area (Å²) in [5.41, 5.74) is 4.60. The predicted octanol–water partition coefficient (Wildman–Crippen LogP) is 5.66. The fraction of sp³-hybridized carbons (Fsp3) is 0.296. The average molecular weight is 470 g/mol. The van der Waals surface area contributed by atoms with Gasteiger partial charge in [0.1, 0.15) is 16.4 Å². The molecular weight excluding hydrogens is 442 g/mol. The van der Waals surface area contributed by atoms with Gasteiger partial charge < -0.3 is 4.74 Å². The summed E-state index contributed by atoms with van der Waals surface area (Å²) in [7, 11) is 0. The molecule has 34 heavy (non-hydrogen) atoms. The van der Waals surface area contributed by atoms with Gasteiger partial charge in [0.15, 0.2) is 11.5 Å². The summed E-state index contributed by atoms with van der Waals surface area (Å²) in [6.07, 6.45) is 1.12. The predicted molar refractivity (Wildman–Crippen MR) is 136 cm³/mol. The Kier molecular flexibility index (Phi) is 5.31. The van der Waals surface area contributed by atoms with Gasteiger partial charge >= 0.3 is 0 Å². The topological polar surface area (TPSA) is 55.6 Å². The summed E-state index contributed by atoms with van der Waals surface area (Å²) in [6, 6.07) is 18.7. The van der Waals surface area contributed by atoms with Crippen molar-refractivity contribution in [3.63, 3.8) is 0 Å². The van der Waals surface area contributed by atoms with Crippen LogP contribution >= 0.6 is 11.3 Å². The Labute approximate surface area is 202 Å². The number of aryl methyl sites for hydroxylation is 1. The third kappa shape index (κ3) is 3.85. The molecule has 0 N–H and O–H groups in total. The fourth-order valence-electron chi connectivity index (χ4n) is 4.72. The Morgan fingerprint density at radius 1 is 1.06 bits per heavy atom. The molecule has 0 atom stereocenters. The lowest BCUT2D eigenvalue weighted by atomic mass is 10.0. The number of rotatable bonds is 5. The molecule has 6 rings (SSSR count). The summed E-state index contributed by atoms with van der Waals surface area (Å²) < 4.78 is 7.78. The van der Waals surface area contributed by atoms with Gasteiger partial charge in [-0.15, -0.1) is 16.4 Å². The van der Waals surface area contributed by atoms with Gasteiger partial charge in [0.05, 0.1) is 11.5 Å². The lowest BCUT2D eigenvalue weighted by molar-refractivity contribution is 0.242. The smallest absolute Gasteiger partial charge is 0.182 e. The Morgan fingerprint density at radius 2 is 1.91 bits per heavy atom. The van der Waals surface area contributed by atoms with Crippen molar-refractivity contribution in [2.24, 2.45) is 0 Å². The van der Waals surface area contributed by atoms with Crippen molar-refractivity contribution in [3.8, 4) is 17.1 Å². The van der Waals surface area contributed by atoms with E-state index in [0.717, 1.165) is 53.7 Å². The highest BCUT2D eigenvalue weighted by molar-refractivity contribution is 7.19. The van der Waals surface area contributed by atoms with Gasteiger partial charge in [0, 0.05) is 30.1 Å². The van der Waals surface area contributed by atoms with Crippen molar-refractivity contribution < 1.29 is 4.74 Å². The van der Waals surface area contributed by atoms with Crippen LogP contribution in [0.1, 0.15) is 35.7 Å². The van der Waals surface area contributed by atoms with Gasteiger partial charge in [-0.25, -0.2) is 9.97 Å². The molecule has 7 heteroatoms. The van der Waals surface area contributed by atoms with Gasteiger partial charge in [0.25, 0.3) is 0 Å². The van der Waals surface area contributed by atoms with Crippen LogP contribution in [0.5, 0.6) is 5.75 Å². The van der Waals surface area contributed by atoms with E-state index in [1.807, 2.05) is 49.6 Å². The summed E-state index contributed by atoms with van der Waals surface area (Å²) in [5.74, 6) is 2.39. The summed E-state index contributed by atoms with van der Waals surface area (Å²) in [5, 5.41) is 6.00. The maximum atomic E-state index is 5.88. The highest BCUT2D eigenvalue weighted by atomic mass is 32.1. The number of fused-ring (bicyclic) bond motifs is 5. The van der Waals surface area contributed by atoms with E-state index in [1.165, 1.54) is 21.4 Å². The van der Waals surface area contributed by atoms with Crippen LogP contribution < -0.4 is 4.74 Å².